The second-order valence-corrected chi connectivity index (χ2v) is 9.17. The molecule has 150 valence electrons. The Morgan fingerprint density at radius 2 is 1.93 bits per heavy atom. The number of imidazole rings is 1. The van der Waals surface area contributed by atoms with Gasteiger partial charge in [0.2, 0.25) is 0 Å². The number of fused-ring (bicyclic) bond motifs is 4. The number of hydrogen-bond acceptors (Lipinski definition) is 4. The van der Waals surface area contributed by atoms with E-state index in [1.807, 2.05) is 28.4 Å². The van der Waals surface area contributed by atoms with Crippen molar-refractivity contribution in [1.82, 2.24) is 19.0 Å². The molecule has 2 aliphatic heterocycles. The third-order valence-electron chi connectivity index (χ3n) is 6.31. The highest BCUT2D eigenvalue weighted by atomic mass is 32.2. The number of rotatable bonds is 4. The van der Waals surface area contributed by atoms with Crippen LogP contribution in [0.2, 0.25) is 0 Å². The molecule has 1 aromatic carbocycles. The van der Waals surface area contributed by atoms with E-state index >= 15 is 0 Å². The number of pyridine rings is 1. The molecular formula is C23H26N4OS. The summed E-state index contributed by atoms with van der Waals surface area (Å²) in [5.41, 5.74) is 3.36. The Bertz CT molecular complexity index is 1090. The lowest BCUT2D eigenvalue weighted by Crippen LogP contribution is -2.47. The van der Waals surface area contributed by atoms with E-state index in [9.17, 15) is 4.79 Å². The summed E-state index contributed by atoms with van der Waals surface area (Å²) < 4.78 is 3.94. The van der Waals surface area contributed by atoms with Crippen LogP contribution in [0, 0.1) is 5.92 Å². The van der Waals surface area contributed by atoms with Gasteiger partial charge in [0.25, 0.3) is 5.56 Å². The number of aryl methyl sites for hydroxylation is 1. The average Bonchev–Trinajstić information content (AvgIpc) is 3.15. The van der Waals surface area contributed by atoms with Crippen molar-refractivity contribution in [2.45, 2.75) is 30.3 Å². The Balaban J connectivity index is 1.40. The normalized spacial score (nSPS) is 21.2. The maximum Gasteiger partial charge on any atom is 0.261 e. The molecule has 5 nitrogen and oxygen atoms in total. The van der Waals surface area contributed by atoms with Gasteiger partial charge in [-0.25, -0.2) is 4.98 Å². The molecule has 0 radical (unpaired) electrons. The first-order valence-corrected chi connectivity index (χ1v) is 11.4. The van der Waals surface area contributed by atoms with Crippen molar-refractivity contribution in [2.24, 2.45) is 13.0 Å². The molecule has 2 bridgehead atoms. The Morgan fingerprint density at radius 3 is 2.66 bits per heavy atom. The summed E-state index contributed by atoms with van der Waals surface area (Å²) in [5, 5.41) is 0. The van der Waals surface area contributed by atoms with Gasteiger partial charge in [-0.3, -0.25) is 9.69 Å². The average molecular weight is 407 g/mol. The summed E-state index contributed by atoms with van der Waals surface area (Å²) in [7, 11) is 1.93. The molecule has 1 fully saturated rings. The van der Waals surface area contributed by atoms with Gasteiger partial charge < -0.3 is 9.13 Å². The molecule has 0 unspecified atom stereocenters. The van der Waals surface area contributed by atoms with Crippen LogP contribution in [-0.2, 0) is 20.1 Å². The first-order chi connectivity index (χ1) is 14.1. The number of aromatic nitrogens is 3. The van der Waals surface area contributed by atoms with Gasteiger partial charge in [0.05, 0.1) is 5.56 Å². The molecule has 3 aromatic rings. The number of likely N-dealkylation sites (tertiary alicyclic amines) is 1. The molecule has 6 heteroatoms. The van der Waals surface area contributed by atoms with Gasteiger partial charge in [-0.2, -0.15) is 0 Å². The first kappa shape index (κ1) is 18.7. The summed E-state index contributed by atoms with van der Waals surface area (Å²) in [5.74, 6) is 1.70. The lowest BCUT2D eigenvalue weighted by Gasteiger charge is -2.43. The highest BCUT2D eigenvalue weighted by Gasteiger charge is 2.35. The summed E-state index contributed by atoms with van der Waals surface area (Å²) in [4.78, 5) is 21.5. The molecule has 1 saturated heterocycles. The van der Waals surface area contributed by atoms with Crippen molar-refractivity contribution in [2.75, 3.05) is 19.3 Å². The van der Waals surface area contributed by atoms with Gasteiger partial charge in [-0.05, 0) is 48.4 Å². The van der Waals surface area contributed by atoms with Crippen molar-refractivity contribution in [3.05, 3.63) is 70.4 Å². The zero-order valence-electron chi connectivity index (χ0n) is 16.9. The number of benzene rings is 1. The summed E-state index contributed by atoms with van der Waals surface area (Å²) in [6.45, 7) is 3.86. The lowest BCUT2D eigenvalue weighted by molar-refractivity contribution is 0.114. The molecular weight excluding hydrogens is 380 g/mol. The Morgan fingerprint density at radius 1 is 1.10 bits per heavy atom. The van der Waals surface area contributed by atoms with Crippen LogP contribution in [0.25, 0.3) is 11.4 Å². The van der Waals surface area contributed by atoms with E-state index in [-0.39, 0.29) is 5.56 Å². The van der Waals surface area contributed by atoms with Gasteiger partial charge in [-0.1, -0.05) is 12.1 Å². The summed E-state index contributed by atoms with van der Waals surface area (Å²) >= 11 is 1.78. The quantitative estimate of drug-likeness (QED) is 0.621. The second kappa shape index (κ2) is 7.50. The van der Waals surface area contributed by atoms with Gasteiger partial charge in [0, 0.05) is 62.1 Å². The van der Waals surface area contributed by atoms with E-state index < -0.39 is 0 Å². The predicted molar refractivity (Wildman–Crippen MR) is 117 cm³/mol. The van der Waals surface area contributed by atoms with Crippen molar-refractivity contribution >= 4 is 11.8 Å². The van der Waals surface area contributed by atoms with Crippen molar-refractivity contribution in [3.8, 4) is 11.4 Å². The summed E-state index contributed by atoms with van der Waals surface area (Å²) in [6.07, 6.45) is 6.93. The molecule has 29 heavy (non-hydrogen) atoms. The minimum absolute atomic E-state index is 0.104. The zero-order chi connectivity index (χ0) is 20.0. The number of piperidine rings is 1. The topological polar surface area (TPSA) is 43.1 Å². The highest BCUT2D eigenvalue weighted by molar-refractivity contribution is 7.98. The van der Waals surface area contributed by atoms with Crippen LogP contribution >= 0.6 is 11.8 Å². The number of hydrogen-bond donors (Lipinski definition) is 0. The van der Waals surface area contributed by atoms with Crippen molar-refractivity contribution in [3.63, 3.8) is 0 Å². The van der Waals surface area contributed by atoms with E-state index in [0.717, 1.165) is 32.0 Å². The van der Waals surface area contributed by atoms with E-state index in [2.05, 4.69) is 46.5 Å². The van der Waals surface area contributed by atoms with Crippen LogP contribution < -0.4 is 5.56 Å². The van der Waals surface area contributed by atoms with E-state index in [1.165, 1.54) is 22.6 Å². The van der Waals surface area contributed by atoms with Gasteiger partial charge in [-0.15, -0.1) is 11.8 Å². The molecule has 2 aliphatic rings. The summed E-state index contributed by atoms with van der Waals surface area (Å²) in [6, 6.07) is 13.0. The van der Waals surface area contributed by atoms with Crippen LogP contribution in [0.4, 0.5) is 0 Å². The minimum Gasteiger partial charge on any atom is -0.334 e. The molecule has 0 amide bonds. The Kier molecular flexibility index (Phi) is 4.84. The zero-order valence-corrected chi connectivity index (χ0v) is 17.7. The van der Waals surface area contributed by atoms with Gasteiger partial charge in [0.15, 0.2) is 0 Å². The monoisotopic (exact) mass is 406 g/mol. The Hall–Kier alpha value is -2.31. The van der Waals surface area contributed by atoms with E-state index in [0.29, 0.717) is 17.4 Å². The SMILES string of the molecule is CSc1ccc(CN2C[C@@H]3C[C@H](C2)c2ccc(-c4nccn4C)c(=O)n2C3)cc1. The molecule has 0 saturated carbocycles. The third kappa shape index (κ3) is 3.45. The molecule has 0 spiro atoms. The largest absolute Gasteiger partial charge is 0.334 e. The Labute approximate surface area is 175 Å². The second-order valence-electron chi connectivity index (χ2n) is 8.29. The maximum absolute atomic E-state index is 13.2. The van der Waals surface area contributed by atoms with Gasteiger partial charge >= 0.3 is 0 Å². The van der Waals surface area contributed by atoms with E-state index in [1.54, 1.807) is 18.0 Å². The third-order valence-corrected chi connectivity index (χ3v) is 7.05. The smallest absolute Gasteiger partial charge is 0.261 e. The molecule has 0 aliphatic carbocycles. The molecule has 5 rings (SSSR count). The van der Waals surface area contributed by atoms with Crippen LogP contribution in [0.1, 0.15) is 23.6 Å². The molecule has 0 N–H and O–H groups in total. The van der Waals surface area contributed by atoms with Crippen molar-refractivity contribution < 1.29 is 0 Å². The standard InChI is InChI=1S/C23H26N4OS/c1-25-10-9-24-22(25)20-7-8-21-18-11-17(14-27(21)23(20)28)13-26(15-18)12-16-3-5-19(29-2)6-4-16/h3-10,17-18H,11-15H2,1-2H3/t17-,18+/m0/s1. The van der Waals surface area contributed by atoms with Crippen molar-refractivity contribution in [1.29, 1.82) is 0 Å². The molecule has 4 heterocycles. The lowest BCUT2D eigenvalue weighted by atomic mass is 9.82. The van der Waals surface area contributed by atoms with Gasteiger partial charge in [0.1, 0.15) is 5.82 Å². The maximum atomic E-state index is 13.2. The van der Waals surface area contributed by atoms with Crippen LogP contribution in [0.15, 0.2) is 58.5 Å². The fourth-order valence-corrected chi connectivity index (χ4v) is 5.37. The fraction of sp³-hybridized carbons (Fsp3) is 0.391. The highest BCUT2D eigenvalue weighted by Crippen LogP contribution is 2.36. The fourth-order valence-electron chi connectivity index (χ4n) is 4.96. The molecule has 2 aromatic heterocycles. The minimum atomic E-state index is 0.104. The first-order valence-electron chi connectivity index (χ1n) is 10.2. The number of thioether (sulfide) groups is 1. The number of nitrogens with zero attached hydrogens (tertiary/aromatic N) is 4. The predicted octanol–water partition coefficient (Wildman–Crippen LogP) is 3.59. The van der Waals surface area contributed by atoms with Crippen LogP contribution in [-0.4, -0.2) is 38.4 Å². The van der Waals surface area contributed by atoms with Crippen LogP contribution in [0.3, 0.4) is 0 Å². The molecule has 2 atom stereocenters. The van der Waals surface area contributed by atoms with Crippen LogP contribution in [0.5, 0.6) is 0 Å². The van der Waals surface area contributed by atoms with E-state index in [4.69, 9.17) is 0 Å².